The van der Waals surface area contributed by atoms with Crippen LogP contribution < -0.4 is 0 Å². The van der Waals surface area contributed by atoms with Crippen LogP contribution >= 0.6 is 0 Å². The number of hydrogen-bond acceptors (Lipinski definition) is 2. The van der Waals surface area contributed by atoms with Gasteiger partial charge in [-0.25, -0.2) is 0 Å². The molecule has 0 atom stereocenters. The molecule has 0 unspecified atom stereocenters. The van der Waals surface area contributed by atoms with Gasteiger partial charge in [-0.2, -0.15) is 0 Å². The molecule has 1 aromatic rings. The van der Waals surface area contributed by atoms with Crippen molar-refractivity contribution in [3.63, 3.8) is 0 Å². The van der Waals surface area contributed by atoms with Crippen LogP contribution in [-0.2, 0) is 0 Å². The number of aryl methyl sites for hydroxylation is 2. The number of rotatable bonds is 1. The molecule has 0 spiro atoms. The number of hydrogen-bond donors (Lipinski definition) is 0. The molecule has 1 heterocycles. The van der Waals surface area contributed by atoms with E-state index in [0.29, 0.717) is 0 Å². The summed E-state index contributed by atoms with van der Waals surface area (Å²) in [5.74, 6) is 0. The average Bonchev–Trinajstić information content (AvgIpc) is 1.95. The second-order valence-corrected chi connectivity index (χ2v) is 2.17. The molecule has 0 aromatic carbocycles. The highest BCUT2D eigenvalue weighted by atomic mass is 14.8. The van der Waals surface area contributed by atoms with Crippen molar-refractivity contribution in [1.82, 2.24) is 9.97 Å². The van der Waals surface area contributed by atoms with Gasteiger partial charge in [-0.1, -0.05) is 6.58 Å². The van der Waals surface area contributed by atoms with Crippen LogP contribution in [0.3, 0.4) is 0 Å². The highest BCUT2D eigenvalue weighted by molar-refractivity contribution is 5.40. The van der Waals surface area contributed by atoms with E-state index in [1.165, 1.54) is 0 Å². The van der Waals surface area contributed by atoms with Gasteiger partial charge >= 0.3 is 0 Å². The van der Waals surface area contributed by atoms with Gasteiger partial charge in [0.2, 0.25) is 0 Å². The molecule has 0 amide bonds. The topological polar surface area (TPSA) is 25.8 Å². The molecule has 0 radical (unpaired) electrons. The first-order valence-corrected chi connectivity index (χ1v) is 3.16. The van der Waals surface area contributed by atoms with E-state index in [2.05, 4.69) is 16.5 Å². The van der Waals surface area contributed by atoms with Gasteiger partial charge in [0.25, 0.3) is 0 Å². The van der Waals surface area contributed by atoms with E-state index in [4.69, 9.17) is 0 Å². The minimum Gasteiger partial charge on any atom is -0.257 e. The van der Waals surface area contributed by atoms with Crippen LogP contribution in [0.1, 0.15) is 17.1 Å². The third kappa shape index (κ3) is 1.21. The smallest absolute Gasteiger partial charge is 0.0810 e. The molecule has 0 saturated heterocycles. The van der Waals surface area contributed by atoms with Crippen molar-refractivity contribution in [2.75, 3.05) is 0 Å². The Labute approximate surface area is 60.6 Å². The van der Waals surface area contributed by atoms with E-state index in [-0.39, 0.29) is 0 Å². The van der Waals surface area contributed by atoms with Crippen LogP contribution in [0.15, 0.2) is 12.8 Å². The van der Waals surface area contributed by atoms with Gasteiger partial charge in [0.1, 0.15) is 0 Å². The summed E-state index contributed by atoms with van der Waals surface area (Å²) in [5, 5.41) is 0. The van der Waals surface area contributed by atoms with Crippen molar-refractivity contribution in [1.29, 1.82) is 0 Å². The Hall–Kier alpha value is -1.18. The highest BCUT2D eigenvalue weighted by Crippen LogP contribution is 2.00. The molecule has 2 nitrogen and oxygen atoms in total. The lowest BCUT2D eigenvalue weighted by atomic mass is 10.3. The number of aromatic nitrogens is 2. The molecular formula is C8H10N2. The van der Waals surface area contributed by atoms with Crippen molar-refractivity contribution in [2.24, 2.45) is 0 Å². The Morgan fingerprint density at radius 2 is 2.10 bits per heavy atom. The third-order valence-electron chi connectivity index (χ3n) is 1.42. The molecule has 0 aliphatic carbocycles. The Bertz CT molecular complexity index is 253. The largest absolute Gasteiger partial charge is 0.257 e. The van der Waals surface area contributed by atoms with Crippen molar-refractivity contribution in [2.45, 2.75) is 13.8 Å². The predicted molar refractivity (Wildman–Crippen MR) is 41.6 cm³/mol. The predicted octanol–water partition coefficient (Wildman–Crippen LogP) is 1.74. The van der Waals surface area contributed by atoms with Gasteiger partial charge in [-0.15, -0.1) is 0 Å². The summed E-state index contributed by atoms with van der Waals surface area (Å²) in [6.45, 7) is 7.48. The average molecular weight is 134 g/mol. The van der Waals surface area contributed by atoms with E-state index < -0.39 is 0 Å². The number of nitrogens with zero attached hydrogens (tertiary/aromatic N) is 2. The normalized spacial score (nSPS) is 9.40. The first-order chi connectivity index (χ1) is 4.74. The van der Waals surface area contributed by atoms with Crippen molar-refractivity contribution >= 4 is 6.08 Å². The molecule has 1 aromatic heterocycles. The zero-order chi connectivity index (χ0) is 7.56. The van der Waals surface area contributed by atoms with Crippen molar-refractivity contribution in [3.8, 4) is 0 Å². The van der Waals surface area contributed by atoms with Gasteiger partial charge < -0.3 is 0 Å². The van der Waals surface area contributed by atoms with E-state index in [1.54, 1.807) is 12.3 Å². The fourth-order valence-electron chi connectivity index (χ4n) is 0.658. The zero-order valence-electron chi connectivity index (χ0n) is 6.26. The Morgan fingerprint density at radius 1 is 1.40 bits per heavy atom. The Morgan fingerprint density at radius 3 is 2.60 bits per heavy atom. The molecule has 10 heavy (non-hydrogen) atoms. The molecule has 0 bridgehead atoms. The maximum Gasteiger partial charge on any atom is 0.0810 e. The van der Waals surface area contributed by atoms with E-state index in [1.807, 2.05) is 13.8 Å². The summed E-state index contributed by atoms with van der Waals surface area (Å²) in [4.78, 5) is 8.33. The van der Waals surface area contributed by atoms with E-state index >= 15 is 0 Å². The summed E-state index contributed by atoms with van der Waals surface area (Å²) in [7, 11) is 0. The SMILES string of the molecule is C=Cc1cnc(C)c(C)n1. The quantitative estimate of drug-likeness (QED) is 0.584. The fourth-order valence-corrected chi connectivity index (χ4v) is 0.658. The summed E-state index contributed by atoms with van der Waals surface area (Å²) in [6.07, 6.45) is 3.41. The maximum atomic E-state index is 4.21. The second kappa shape index (κ2) is 2.60. The van der Waals surface area contributed by atoms with Gasteiger partial charge in [0.05, 0.1) is 23.3 Å². The minimum atomic E-state index is 0.836. The van der Waals surface area contributed by atoms with Crippen molar-refractivity contribution in [3.05, 3.63) is 29.9 Å². The fraction of sp³-hybridized carbons (Fsp3) is 0.250. The van der Waals surface area contributed by atoms with Gasteiger partial charge in [-0.3, -0.25) is 9.97 Å². The minimum absolute atomic E-state index is 0.836. The van der Waals surface area contributed by atoms with Gasteiger partial charge in [0.15, 0.2) is 0 Å². The van der Waals surface area contributed by atoms with E-state index in [9.17, 15) is 0 Å². The van der Waals surface area contributed by atoms with E-state index in [0.717, 1.165) is 17.1 Å². The molecular weight excluding hydrogens is 124 g/mol. The molecule has 0 saturated carbocycles. The zero-order valence-corrected chi connectivity index (χ0v) is 6.26. The van der Waals surface area contributed by atoms with Crippen LogP contribution in [0.25, 0.3) is 6.08 Å². The Kier molecular flexibility index (Phi) is 1.81. The maximum absolute atomic E-state index is 4.21. The lowest BCUT2D eigenvalue weighted by molar-refractivity contribution is 1.04. The van der Waals surface area contributed by atoms with Crippen LogP contribution in [0.5, 0.6) is 0 Å². The van der Waals surface area contributed by atoms with Crippen LogP contribution in [-0.4, -0.2) is 9.97 Å². The molecule has 2 heteroatoms. The highest BCUT2D eigenvalue weighted by Gasteiger charge is 1.93. The van der Waals surface area contributed by atoms with Crippen LogP contribution in [0.4, 0.5) is 0 Å². The van der Waals surface area contributed by atoms with Crippen LogP contribution in [0, 0.1) is 13.8 Å². The van der Waals surface area contributed by atoms with Gasteiger partial charge in [-0.05, 0) is 19.9 Å². The van der Waals surface area contributed by atoms with Crippen LogP contribution in [0.2, 0.25) is 0 Å². The molecule has 0 aliphatic heterocycles. The van der Waals surface area contributed by atoms with Gasteiger partial charge in [0, 0.05) is 0 Å². The lowest BCUT2D eigenvalue weighted by Gasteiger charge is -1.97. The summed E-state index contributed by atoms with van der Waals surface area (Å²) < 4.78 is 0. The van der Waals surface area contributed by atoms with Crippen molar-refractivity contribution < 1.29 is 0 Å². The summed E-state index contributed by atoms with van der Waals surface area (Å²) in [5.41, 5.74) is 2.78. The standard InChI is InChI=1S/C8H10N2/c1-4-8-5-9-6(2)7(3)10-8/h4-5H,1H2,2-3H3. The molecule has 0 aliphatic rings. The first kappa shape index (κ1) is 6.93. The summed E-state index contributed by atoms with van der Waals surface area (Å²) in [6, 6.07) is 0. The molecule has 0 fully saturated rings. The molecule has 0 N–H and O–H groups in total. The molecule has 52 valence electrons. The first-order valence-electron chi connectivity index (χ1n) is 3.16. The molecule has 1 rings (SSSR count). The Balaban J connectivity index is 3.16. The second-order valence-electron chi connectivity index (χ2n) is 2.17. The monoisotopic (exact) mass is 134 g/mol. The third-order valence-corrected chi connectivity index (χ3v) is 1.42. The lowest BCUT2D eigenvalue weighted by Crippen LogP contribution is -1.92. The summed E-state index contributed by atoms with van der Waals surface area (Å²) >= 11 is 0.